The third kappa shape index (κ3) is 12.0. The summed E-state index contributed by atoms with van der Waals surface area (Å²) in [6, 6.07) is 16.4. The van der Waals surface area contributed by atoms with E-state index in [-0.39, 0.29) is 17.4 Å². The number of carbonyl (C=O) groups is 6. The van der Waals surface area contributed by atoms with Gasteiger partial charge in [-0.15, -0.1) is 0 Å². The summed E-state index contributed by atoms with van der Waals surface area (Å²) >= 11 is 0. The van der Waals surface area contributed by atoms with E-state index in [9.17, 15) is 39.0 Å². The summed E-state index contributed by atoms with van der Waals surface area (Å²) in [7, 11) is 0. The summed E-state index contributed by atoms with van der Waals surface area (Å²) in [6.07, 6.45) is 25.3. The van der Waals surface area contributed by atoms with Crippen LogP contribution in [0.3, 0.4) is 0 Å². The lowest BCUT2D eigenvalue weighted by Gasteiger charge is -2.50. The molecule has 12 heteroatoms. The lowest BCUT2D eigenvalue weighted by molar-refractivity contribution is -0.374. The van der Waals surface area contributed by atoms with Gasteiger partial charge in [-0.1, -0.05) is 113 Å². The molecule has 3 fully saturated rings. The number of carboxylic acids is 2. The average molecular weight is 913 g/mol. The molecular weight excluding hydrogens is 841 g/mol. The normalized spacial score (nSPS) is 25.2. The third-order valence-corrected chi connectivity index (χ3v) is 14.8. The van der Waals surface area contributed by atoms with Crippen LogP contribution >= 0.6 is 0 Å². The van der Waals surface area contributed by atoms with Crippen molar-refractivity contribution in [1.29, 1.82) is 0 Å². The molecule has 2 unspecified atom stereocenters. The maximum absolute atomic E-state index is 13.7. The largest absolute Gasteiger partial charge is 0.481 e. The van der Waals surface area contributed by atoms with Crippen LogP contribution in [0.15, 0.2) is 78.9 Å². The second kappa shape index (κ2) is 23.0. The summed E-state index contributed by atoms with van der Waals surface area (Å²) in [5, 5.41) is 20.7. The molecule has 4 aliphatic rings. The number of ether oxygens (including phenoxy) is 4. The number of unbranched alkanes of at least 4 members (excludes halogenated alkanes) is 4. The quantitative estimate of drug-likeness (QED) is 0.0590. The zero-order valence-electron chi connectivity index (χ0n) is 39.9. The Morgan fingerprint density at radius 2 is 1.44 bits per heavy atom. The molecule has 0 bridgehead atoms. The number of allylic oxidation sites excluding steroid dienone is 3. The van der Waals surface area contributed by atoms with Gasteiger partial charge < -0.3 is 29.2 Å². The molecule has 0 aromatic heterocycles. The molecular formula is C54H72O12. The standard InChI is InChI=1S/C36H48O12.C18H24/c1-6-7-8-9-10-12-17-28-20-15-21-29(28)22-16-23-34(5,24-31(40)41)36(47-27(4)39,48-32(42)30-18-13-11-14-19-30)35(33(43)44,45-25(2)37)46-26(3)38;1-18-11-4-7-17(18)16-9-8-13-5-2-3-6-14(13)15(16)10-12-18/h11-14,16-19,23,28-29H,6-10,15,20-22,24H2,1-5H3,(H,40,41)(H,43,44);2-3,5-6,15-17H,4,7-12H2,1H3/b17-12+,23-16-;/t28-,29+,34?,36?;15-,16-,17+,18+/m01/s1. The highest BCUT2D eigenvalue weighted by Gasteiger charge is 2.77. The fourth-order valence-corrected chi connectivity index (χ4v) is 11.7. The van der Waals surface area contributed by atoms with Gasteiger partial charge in [0.25, 0.3) is 0 Å². The predicted molar refractivity (Wildman–Crippen MR) is 249 cm³/mol. The van der Waals surface area contributed by atoms with Crippen molar-refractivity contribution in [2.45, 2.75) is 168 Å². The summed E-state index contributed by atoms with van der Waals surface area (Å²) in [5.41, 5.74) is 1.59. The van der Waals surface area contributed by atoms with E-state index in [4.69, 9.17) is 18.9 Å². The topological polar surface area (TPSA) is 180 Å². The molecule has 12 nitrogen and oxygen atoms in total. The number of carbonyl (C=O) groups excluding carboxylic acids is 4. The van der Waals surface area contributed by atoms with Crippen LogP contribution in [-0.2, 0) is 49.3 Å². The number of esters is 4. The minimum atomic E-state index is -3.69. The van der Waals surface area contributed by atoms with E-state index in [0.29, 0.717) is 11.8 Å². The minimum Gasteiger partial charge on any atom is -0.481 e. The first-order valence-electron chi connectivity index (χ1n) is 24.1. The molecule has 0 amide bonds. The summed E-state index contributed by atoms with van der Waals surface area (Å²) in [5.74, 6) is -12.7. The maximum Gasteiger partial charge on any atom is 0.436 e. The summed E-state index contributed by atoms with van der Waals surface area (Å²) in [4.78, 5) is 77.0. The number of rotatable bonds is 19. The van der Waals surface area contributed by atoms with Crippen LogP contribution in [0.2, 0.25) is 0 Å². The zero-order valence-corrected chi connectivity index (χ0v) is 39.9. The maximum atomic E-state index is 13.7. The van der Waals surface area contributed by atoms with Crippen LogP contribution in [0.25, 0.3) is 0 Å². The van der Waals surface area contributed by atoms with E-state index in [1.165, 1.54) is 81.7 Å². The van der Waals surface area contributed by atoms with Gasteiger partial charge >= 0.3 is 47.4 Å². The van der Waals surface area contributed by atoms with Gasteiger partial charge in [-0.25, -0.2) is 9.59 Å². The lowest BCUT2D eigenvalue weighted by atomic mass is 9.56. The number of aliphatic carboxylic acids is 2. The lowest BCUT2D eigenvalue weighted by Crippen LogP contribution is -2.73. The highest BCUT2D eigenvalue weighted by atomic mass is 16.8. The van der Waals surface area contributed by atoms with E-state index in [1.54, 1.807) is 23.3 Å². The number of benzene rings is 2. The Balaban J connectivity index is 0.000000369. The third-order valence-electron chi connectivity index (χ3n) is 14.8. The monoisotopic (exact) mass is 913 g/mol. The van der Waals surface area contributed by atoms with Gasteiger partial charge in [-0.2, -0.15) is 0 Å². The van der Waals surface area contributed by atoms with Gasteiger partial charge in [-0.05, 0) is 136 Å². The van der Waals surface area contributed by atoms with E-state index in [1.807, 2.05) is 0 Å². The predicted octanol–water partition coefficient (Wildman–Crippen LogP) is 11.3. The van der Waals surface area contributed by atoms with Crippen LogP contribution in [0.1, 0.15) is 172 Å². The number of hydrogen-bond donors (Lipinski definition) is 2. The zero-order chi connectivity index (χ0) is 48.1. The SMILES string of the molecule is CCCCCC/C=C/[C@H]1CCC[C@@H]1C/C=C\C(C)(CC(=O)O)C(OC(C)=O)(OC(=O)c1ccccc1)C(OC(C)=O)(OC(C)=O)C(=O)O.C[C@@]12CCC[C@H]1[C@@H]1CCc3ccccc3[C@H]1CC2. The second-order valence-corrected chi connectivity index (χ2v) is 19.5. The number of fused-ring (bicyclic) bond motifs is 5. The van der Waals surface area contributed by atoms with Gasteiger partial charge in [0.2, 0.25) is 0 Å². The molecule has 6 rings (SSSR count). The number of carboxylic acid groups (broad SMARTS) is 2. The van der Waals surface area contributed by atoms with Gasteiger partial charge in [0.1, 0.15) is 0 Å². The first kappa shape index (κ1) is 51.7. The molecule has 8 atom stereocenters. The van der Waals surface area contributed by atoms with Crippen LogP contribution in [0.4, 0.5) is 0 Å². The van der Waals surface area contributed by atoms with E-state index in [2.05, 4.69) is 50.3 Å². The number of aryl methyl sites for hydroxylation is 1. The Labute approximate surface area is 390 Å². The first-order valence-corrected chi connectivity index (χ1v) is 24.1. The summed E-state index contributed by atoms with van der Waals surface area (Å²) in [6.45, 7) is 8.34. The first-order chi connectivity index (χ1) is 31.4. The van der Waals surface area contributed by atoms with E-state index in [0.717, 1.165) is 90.4 Å². The molecule has 0 heterocycles. The fraction of sp³-hybridized carbons (Fsp3) is 0.593. The van der Waals surface area contributed by atoms with Crippen molar-refractivity contribution < 1.29 is 57.9 Å². The van der Waals surface area contributed by atoms with Crippen LogP contribution in [0.5, 0.6) is 0 Å². The highest BCUT2D eigenvalue weighted by Crippen LogP contribution is 2.61. The molecule has 2 aromatic carbocycles. The van der Waals surface area contributed by atoms with Crippen molar-refractivity contribution in [3.63, 3.8) is 0 Å². The highest BCUT2D eigenvalue weighted by molar-refractivity contribution is 5.91. The van der Waals surface area contributed by atoms with E-state index < -0.39 is 59.2 Å². The molecule has 2 N–H and O–H groups in total. The molecule has 0 radical (unpaired) electrons. The van der Waals surface area contributed by atoms with Crippen molar-refractivity contribution in [3.05, 3.63) is 95.6 Å². The van der Waals surface area contributed by atoms with Crippen molar-refractivity contribution in [2.24, 2.45) is 34.5 Å². The van der Waals surface area contributed by atoms with Crippen LogP contribution < -0.4 is 0 Å². The second-order valence-electron chi connectivity index (χ2n) is 19.5. The Bertz CT molecular complexity index is 2060. The van der Waals surface area contributed by atoms with Crippen molar-refractivity contribution in [3.8, 4) is 0 Å². The molecule has 4 aliphatic carbocycles. The van der Waals surface area contributed by atoms with Crippen molar-refractivity contribution in [2.75, 3.05) is 0 Å². The fourth-order valence-electron chi connectivity index (χ4n) is 11.7. The molecule has 2 aromatic rings. The Hall–Kier alpha value is -5.26. The molecule has 3 saturated carbocycles. The van der Waals surface area contributed by atoms with Gasteiger partial charge in [0.05, 0.1) is 17.4 Å². The number of hydrogen-bond acceptors (Lipinski definition) is 10. The van der Waals surface area contributed by atoms with Gasteiger partial charge in [0.15, 0.2) is 0 Å². The average Bonchev–Trinajstić information content (AvgIpc) is 3.89. The summed E-state index contributed by atoms with van der Waals surface area (Å²) < 4.78 is 21.5. The van der Waals surface area contributed by atoms with Crippen LogP contribution in [0, 0.1) is 34.5 Å². The molecule has 0 aliphatic heterocycles. The van der Waals surface area contributed by atoms with Crippen molar-refractivity contribution >= 4 is 35.8 Å². The molecule has 0 spiro atoms. The van der Waals surface area contributed by atoms with E-state index >= 15 is 0 Å². The van der Waals surface area contributed by atoms with Gasteiger partial charge in [-0.3, -0.25) is 19.2 Å². The molecule has 66 heavy (non-hydrogen) atoms. The molecule has 360 valence electrons. The Kier molecular flexibility index (Phi) is 18.0. The Morgan fingerprint density at radius 3 is 2.09 bits per heavy atom. The van der Waals surface area contributed by atoms with Crippen LogP contribution in [-0.4, -0.2) is 57.6 Å². The molecule has 0 saturated heterocycles. The minimum absolute atomic E-state index is 0.156. The van der Waals surface area contributed by atoms with Gasteiger partial charge in [0, 0.05) is 20.8 Å². The Morgan fingerprint density at radius 1 is 0.758 bits per heavy atom. The van der Waals surface area contributed by atoms with Crippen molar-refractivity contribution in [1.82, 2.24) is 0 Å². The smallest absolute Gasteiger partial charge is 0.436 e.